The van der Waals surface area contributed by atoms with E-state index in [1.807, 2.05) is 17.0 Å². The number of nitrogens with zero attached hydrogens (tertiary/aromatic N) is 2. The third-order valence-corrected chi connectivity index (χ3v) is 2.59. The number of hydrogen-bond acceptors (Lipinski definition) is 4. The van der Waals surface area contributed by atoms with Crippen LogP contribution < -0.4 is 11.1 Å². The van der Waals surface area contributed by atoms with Crippen molar-refractivity contribution in [3.63, 3.8) is 0 Å². The van der Waals surface area contributed by atoms with Crippen molar-refractivity contribution in [3.8, 4) is 0 Å². The molecule has 0 aliphatic heterocycles. The quantitative estimate of drug-likeness (QED) is 0.745. The lowest BCUT2D eigenvalue weighted by Crippen LogP contribution is -2.36. The van der Waals surface area contributed by atoms with Gasteiger partial charge in [0.15, 0.2) is 0 Å². The molecule has 5 heteroatoms. The van der Waals surface area contributed by atoms with Gasteiger partial charge < -0.3 is 11.1 Å². The molecule has 3 N–H and O–H groups in total. The predicted octanol–water partition coefficient (Wildman–Crippen LogP) is 1.46. The molecule has 0 saturated heterocycles. The highest BCUT2D eigenvalue weighted by atomic mass is 16.1. The molecule has 19 heavy (non-hydrogen) atoms. The molecule has 0 bridgehead atoms. The lowest BCUT2D eigenvalue weighted by atomic mass is 10.2. The van der Waals surface area contributed by atoms with Gasteiger partial charge in [-0.25, -0.2) is 0 Å². The standard InChI is InChI=1S/C14H24N4O/c1-4-16-12-5-6-17-13(7-12)9-18(8-11(2)3)10-14(15)19/h5-7,11H,4,8-10H2,1-3H3,(H2,15,19)(H,16,17). The van der Waals surface area contributed by atoms with Crippen LogP contribution in [-0.2, 0) is 11.3 Å². The molecule has 1 rings (SSSR count). The van der Waals surface area contributed by atoms with Gasteiger partial charge in [0.1, 0.15) is 0 Å². The van der Waals surface area contributed by atoms with Crippen molar-refractivity contribution in [2.75, 3.05) is 25.0 Å². The maximum absolute atomic E-state index is 11.1. The Labute approximate surface area is 115 Å². The van der Waals surface area contributed by atoms with Crippen molar-refractivity contribution < 1.29 is 4.79 Å². The maximum Gasteiger partial charge on any atom is 0.231 e. The van der Waals surface area contributed by atoms with Crippen LogP contribution in [-0.4, -0.2) is 35.4 Å². The number of aromatic nitrogens is 1. The zero-order valence-corrected chi connectivity index (χ0v) is 12.0. The monoisotopic (exact) mass is 264 g/mol. The molecule has 0 unspecified atom stereocenters. The number of nitrogens with two attached hydrogens (primary N) is 1. The molecule has 0 aliphatic rings. The van der Waals surface area contributed by atoms with Crippen LogP contribution in [0.3, 0.4) is 0 Å². The summed E-state index contributed by atoms with van der Waals surface area (Å²) in [5.74, 6) is 0.180. The van der Waals surface area contributed by atoms with E-state index >= 15 is 0 Å². The smallest absolute Gasteiger partial charge is 0.231 e. The normalized spacial score (nSPS) is 11.0. The number of amides is 1. The molecule has 0 atom stereocenters. The Balaban J connectivity index is 2.71. The number of carbonyl (C=O) groups is 1. The molecule has 1 aromatic heterocycles. The van der Waals surface area contributed by atoms with Crippen molar-refractivity contribution in [2.24, 2.45) is 11.7 Å². The Morgan fingerprint density at radius 1 is 1.53 bits per heavy atom. The van der Waals surface area contributed by atoms with Crippen LogP contribution >= 0.6 is 0 Å². The Morgan fingerprint density at radius 3 is 2.84 bits per heavy atom. The van der Waals surface area contributed by atoms with Crippen molar-refractivity contribution in [3.05, 3.63) is 24.0 Å². The summed E-state index contributed by atoms with van der Waals surface area (Å²) in [6, 6.07) is 3.95. The highest BCUT2D eigenvalue weighted by Crippen LogP contribution is 2.10. The summed E-state index contributed by atoms with van der Waals surface area (Å²) in [5, 5.41) is 3.25. The van der Waals surface area contributed by atoms with Crippen LogP contribution in [0, 0.1) is 5.92 Å². The third kappa shape index (κ3) is 6.20. The van der Waals surface area contributed by atoms with Gasteiger partial charge in [0, 0.05) is 31.5 Å². The minimum Gasteiger partial charge on any atom is -0.385 e. The maximum atomic E-state index is 11.1. The largest absolute Gasteiger partial charge is 0.385 e. The fourth-order valence-corrected chi connectivity index (χ4v) is 2.03. The summed E-state index contributed by atoms with van der Waals surface area (Å²) in [5.41, 5.74) is 7.28. The lowest BCUT2D eigenvalue weighted by Gasteiger charge is -2.22. The Hall–Kier alpha value is -1.62. The van der Waals surface area contributed by atoms with Crippen LogP contribution in [0.2, 0.25) is 0 Å². The first-order chi connectivity index (χ1) is 9.01. The first-order valence-corrected chi connectivity index (χ1v) is 6.70. The minimum absolute atomic E-state index is 0.269. The first kappa shape index (κ1) is 15.4. The van der Waals surface area contributed by atoms with Gasteiger partial charge in [-0.1, -0.05) is 13.8 Å². The third-order valence-electron chi connectivity index (χ3n) is 2.59. The van der Waals surface area contributed by atoms with Gasteiger partial charge >= 0.3 is 0 Å². The summed E-state index contributed by atoms with van der Waals surface area (Å²) in [7, 11) is 0. The van der Waals surface area contributed by atoms with Gasteiger partial charge in [0.25, 0.3) is 0 Å². The van der Waals surface area contributed by atoms with Crippen LogP contribution in [0.25, 0.3) is 0 Å². The Kier molecular flexibility index (Phi) is 6.29. The van der Waals surface area contributed by atoms with Crippen LogP contribution in [0.5, 0.6) is 0 Å². The van der Waals surface area contributed by atoms with E-state index in [1.165, 1.54) is 0 Å². The second-order valence-electron chi connectivity index (χ2n) is 5.10. The zero-order valence-electron chi connectivity index (χ0n) is 12.0. The van der Waals surface area contributed by atoms with E-state index in [1.54, 1.807) is 6.20 Å². The van der Waals surface area contributed by atoms with Crippen molar-refractivity contribution >= 4 is 11.6 Å². The molecule has 0 radical (unpaired) electrons. The Bertz CT molecular complexity index is 406. The fraction of sp³-hybridized carbons (Fsp3) is 0.571. The number of pyridine rings is 1. The molecule has 106 valence electrons. The topological polar surface area (TPSA) is 71.2 Å². The zero-order chi connectivity index (χ0) is 14.3. The van der Waals surface area contributed by atoms with Crippen molar-refractivity contribution in [2.45, 2.75) is 27.3 Å². The average molecular weight is 264 g/mol. The molecule has 0 aliphatic carbocycles. The van der Waals surface area contributed by atoms with Crippen LogP contribution in [0.15, 0.2) is 18.3 Å². The number of rotatable bonds is 8. The molecule has 1 aromatic rings. The minimum atomic E-state index is -0.302. The fourth-order valence-electron chi connectivity index (χ4n) is 2.03. The number of hydrogen-bond donors (Lipinski definition) is 2. The van der Waals surface area contributed by atoms with Gasteiger partial charge in [-0.2, -0.15) is 0 Å². The van der Waals surface area contributed by atoms with Gasteiger partial charge in [-0.15, -0.1) is 0 Å². The molecule has 0 fully saturated rings. The van der Waals surface area contributed by atoms with E-state index in [9.17, 15) is 4.79 Å². The van der Waals surface area contributed by atoms with E-state index in [0.29, 0.717) is 12.5 Å². The predicted molar refractivity (Wildman–Crippen MR) is 77.7 cm³/mol. The molecule has 1 heterocycles. The second-order valence-corrected chi connectivity index (χ2v) is 5.10. The lowest BCUT2D eigenvalue weighted by molar-refractivity contribution is -0.119. The van der Waals surface area contributed by atoms with E-state index < -0.39 is 0 Å². The highest BCUT2D eigenvalue weighted by Gasteiger charge is 2.11. The molecule has 1 amide bonds. The summed E-state index contributed by atoms with van der Waals surface area (Å²) in [6.45, 7) is 8.91. The van der Waals surface area contributed by atoms with Gasteiger partial charge in [0.2, 0.25) is 5.91 Å². The summed E-state index contributed by atoms with van der Waals surface area (Å²) < 4.78 is 0. The number of anilines is 1. The molecular formula is C14H24N4O. The van der Waals surface area contributed by atoms with Crippen molar-refractivity contribution in [1.29, 1.82) is 0 Å². The SMILES string of the molecule is CCNc1ccnc(CN(CC(N)=O)CC(C)C)c1. The molecule has 0 aromatic carbocycles. The van der Waals surface area contributed by atoms with Crippen molar-refractivity contribution in [1.82, 2.24) is 9.88 Å². The summed E-state index contributed by atoms with van der Waals surface area (Å²) >= 11 is 0. The summed E-state index contributed by atoms with van der Waals surface area (Å²) in [4.78, 5) is 17.5. The summed E-state index contributed by atoms with van der Waals surface area (Å²) in [6.07, 6.45) is 1.78. The first-order valence-electron chi connectivity index (χ1n) is 6.70. The molecule has 0 saturated carbocycles. The Morgan fingerprint density at radius 2 is 2.26 bits per heavy atom. The number of nitrogens with one attached hydrogen (secondary N) is 1. The number of primary amides is 1. The molecule has 5 nitrogen and oxygen atoms in total. The average Bonchev–Trinajstić information content (AvgIpc) is 2.27. The number of carbonyl (C=O) groups excluding carboxylic acids is 1. The molecular weight excluding hydrogens is 240 g/mol. The second kappa shape index (κ2) is 7.74. The van der Waals surface area contributed by atoms with E-state index in [-0.39, 0.29) is 12.5 Å². The molecule has 0 spiro atoms. The van der Waals surface area contributed by atoms with Gasteiger partial charge in [-0.05, 0) is 25.0 Å². The van der Waals surface area contributed by atoms with Gasteiger partial charge in [0.05, 0.1) is 12.2 Å². The highest BCUT2D eigenvalue weighted by molar-refractivity contribution is 5.75. The van der Waals surface area contributed by atoms with E-state index in [2.05, 4.69) is 31.1 Å². The van der Waals surface area contributed by atoms with Crippen LogP contribution in [0.1, 0.15) is 26.5 Å². The van der Waals surface area contributed by atoms with E-state index in [0.717, 1.165) is 24.5 Å². The van der Waals surface area contributed by atoms with Gasteiger partial charge in [-0.3, -0.25) is 14.7 Å². The van der Waals surface area contributed by atoms with Crippen LogP contribution in [0.4, 0.5) is 5.69 Å². The van der Waals surface area contributed by atoms with E-state index in [4.69, 9.17) is 5.73 Å².